The third-order valence-electron chi connectivity index (χ3n) is 5.06. The second kappa shape index (κ2) is 8.77. The van der Waals surface area contributed by atoms with E-state index in [2.05, 4.69) is 0 Å². The predicted molar refractivity (Wildman–Crippen MR) is 106 cm³/mol. The maximum atomic E-state index is 13.9. The fourth-order valence-electron chi connectivity index (χ4n) is 3.43. The van der Waals surface area contributed by atoms with Crippen LogP contribution in [0.1, 0.15) is 18.4 Å². The van der Waals surface area contributed by atoms with E-state index in [0.717, 1.165) is 22.0 Å². The van der Waals surface area contributed by atoms with Gasteiger partial charge in [-0.25, -0.2) is 17.2 Å². The number of hydrogen-bond donors (Lipinski definition) is 0. The number of nitrogens with zero attached hydrogens (tertiary/aromatic N) is 2. The van der Waals surface area contributed by atoms with Crippen molar-refractivity contribution in [2.45, 2.75) is 24.3 Å². The highest BCUT2D eigenvalue weighted by atomic mass is 35.5. The van der Waals surface area contributed by atoms with Crippen LogP contribution in [-0.2, 0) is 21.4 Å². The normalized spacial score (nSPS) is 16.0. The Balaban J connectivity index is 1.64. The minimum absolute atomic E-state index is 0.0641. The molecule has 0 aliphatic carbocycles. The Morgan fingerprint density at radius 3 is 2.48 bits per heavy atom. The first-order chi connectivity index (χ1) is 13.7. The van der Waals surface area contributed by atoms with Gasteiger partial charge >= 0.3 is 0 Å². The molecule has 1 fully saturated rings. The molecule has 1 amide bonds. The molecule has 0 saturated carbocycles. The third-order valence-corrected chi connectivity index (χ3v) is 7.34. The second-order valence-corrected chi connectivity index (χ2v) is 9.35. The van der Waals surface area contributed by atoms with E-state index in [0.29, 0.717) is 30.5 Å². The van der Waals surface area contributed by atoms with Gasteiger partial charge in [-0.2, -0.15) is 4.31 Å². The molecule has 0 radical (unpaired) electrons. The summed E-state index contributed by atoms with van der Waals surface area (Å²) >= 11 is 6.14. The fourth-order valence-corrected chi connectivity index (χ4v) is 5.17. The summed E-state index contributed by atoms with van der Waals surface area (Å²) in [7, 11) is -2.49. The van der Waals surface area contributed by atoms with Crippen LogP contribution in [0.4, 0.5) is 8.78 Å². The Morgan fingerprint density at radius 1 is 1.17 bits per heavy atom. The third kappa shape index (κ3) is 4.76. The summed E-state index contributed by atoms with van der Waals surface area (Å²) in [6, 6.07) is 9.59. The summed E-state index contributed by atoms with van der Waals surface area (Å²) in [5.74, 6) is -2.26. The molecule has 29 heavy (non-hydrogen) atoms. The first-order valence-corrected chi connectivity index (χ1v) is 11.0. The standard InChI is InChI=1S/C20H21ClF2N2O3S/c1-24(13-15-4-2-3-5-17(15)21)20(26)14-8-10-25(11-9-14)29(27,28)19-12-16(22)6-7-18(19)23/h2-7,12,14H,8-11,13H2,1H3. The molecule has 1 saturated heterocycles. The molecule has 3 rings (SSSR count). The van der Waals surface area contributed by atoms with Crippen molar-refractivity contribution in [3.05, 3.63) is 64.7 Å². The molecule has 0 atom stereocenters. The Labute approximate surface area is 173 Å². The van der Waals surface area contributed by atoms with E-state index in [1.54, 1.807) is 18.0 Å². The molecular formula is C20H21ClF2N2O3S. The van der Waals surface area contributed by atoms with Crippen molar-refractivity contribution in [2.24, 2.45) is 5.92 Å². The smallest absolute Gasteiger partial charge is 0.246 e. The minimum Gasteiger partial charge on any atom is -0.341 e. The lowest BCUT2D eigenvalue weighted by Gasteiger charge is -2.32. The number of halogens is 3. The van der Waals surface area contributed by atoms with E-state index < -0.39 is 26.6 Å². The zero-order valence-electron chi connectivity index (χ0n) is 15.8. The average Bonchev–Trinajstić information content (AvgIpc) is 2.71. The van der Waals surface area contributed by atoms with Crippen molar-refractivity contribution >= 4 is 27.5 Å². The fraction of sp³-hybridized carbons (Fsp3) is 0.350. The summed E-state index contributed by atoms with van der Waals surface area (Å²) < 4.78 is 53.7. The highest BCUT2D eigenvalue weighted by molar-refractivity contribution is 7.89. The topological polar surface area (TPSA) is 57.7 Å². The summed E-state index contributed by atoms with van der Waals surface area (Å²) in [4.78, 5) is 13.6. The SMILES string of the molecule is CN(Cc1ccccc1Cl)C(=O)C1CCN(S(=O)(=O)c2cc(F)ccc2F)CC1. The van der Waals surface area contributed by atoms with Crippen molar-refractivity contribution in [3.63, 3.8) is 0 Å². The molecule has 2 aromatic rings. The number of benzene rings is 2. The molecule has 1 aliphatic rings. The molecule has 0 spiro atoms. The van der Waals surface area contributed by atoms with Crippen LogP contribution in [0, 0.1) is 17.6 Å². The molecule has 1 aliphatic heterocycles. The number of rotatable bonds is 5. The van der Waals surface area contributed by atoms with Gasteiger partial charge in [-0.15, -0.1) is 0 Å². The van der Waals surface area contributed by atoms with Crippen molar-refractivity contribution in [3.8, 4) is 0 Å². The van der Waals surface area contributed by atoms with Crippen molar-refractivity contribution < 1.29 is 22.0 Å². The van der Waals surface area contributed by atoms with Crippen molar-refractivity contribution in [2.75, 3.05) is 20.1 Å². The zero-order valence-corrected chi connectivity index (χ0v) is 17.4. The van der Waals surface area contributed by atoms with E-state index in [1.807, 2.05) is 18.2 Å². The molecule has 1 heterocycles. The monoisotopic (exact) mass is 442 g/mol. The highest BCUT2D eigenvalue weighted by Crippen LogP contribution is 2.27. The van der Waals surface area contributed by atoms with Crippen LogP contribution in [0.25, 0.3) is 0 Å². The Kier molecular flexibility index (Phi) is 6.55. The average molecular weight is 443 g/mol. The molecule has 156 valence electrons. The van der Waals surface area contributed by atoms with Gasteiger partial charge in [0.25, 0.3) is 0 Å². The molecule has 0 unspecified atom stereocenters. The lowest BCUT2D eigenvalue weighted by atomic mass is 9.96. The van der Waals surface area contributed by atoms with Gasteiger partial charge in [0.15, 0.2) is 0 Å². The first kappa shape index (κ1) is 21.7. The maximum Gasteiger partial charge on any atom is 0.246 e. The van der Waals surface area contributed by atoms with Crippen LogP contribution in [-0.4, -0.2) is 43.7 Å². The van der Waals surface area contributed by atoms with E-state index in [9.17, 15) is 22.0 Å². The molecule has 5 nitrogen and oxygen atoms in total. The van der Waals surface area contributed by atoms with Crippen LogP contribution in [0.5, 0.6) is 0 Å². The summed E-state index contributed by atoms with van der Waals surface area (Å²) in [5, 5.41) is 0.574. The van der Waals surface area contributed by atoms with Gasteiger partial charge in [-0.05, 0) is 42.7 Å². The van der Waals surface area contributed by atoms with E-state index in [-0.39, 0.29) is 24.9 Å². The number of sulfonamides is 1. The number of carbonyl (C=O) groups excluding carboxylic acids is 1. The van der Waals surface area contributed by atoms with Gasteiger partial charge in [0.1, 0.15) is 16.5 Å². The predicted octanol–water partition coefficient (Wildman–Crippen LogP) is 3.68. The Morgan fingerprint density at radius 2 is 1.83 bits per heavy atom. The Bertz CT molecular complexity index is 1010. The molecule has 0 bridgehead atoms. The lowest BCUT2D eigenvalue weighted by Crippen LogP contribution is -2.43. The van der Waals surface area contributed by atoms with Gasteiger partial charge in [-0.3, -0.25) is 4.79 Å². The van der Waals surface area contributed by atoms with Gasteiger partial charge in [0, 0.05) is 37.6 Å². The van der Waals surface area contributed by atoms with Crippen LogP contribution in [0.15, 0.2) is 47.4 Å². The largest absolute Gasteiger partial charge is 0.341 e. The second-order valence-electron chi connectivity index (χ2n) is 7.04. The van der Waals surface area contributed by atoms with Crippen molar-refractivity contribution in [1.29, 1.82) is 0 Å². The van der Waals surface area contributed by atoms with Crippen LogP contribution in [0.3, 0.4) is 0 Å². The van der Waals surface area contributed by atoms with E-state index >= 15 is 0 Å². The van der Waals surface area contributed by atoms with Crippen LogP contribution < -0.4 is 0 Å². The van der Waals surface area contributed by atoms with Gasteiger partial charge < -0.3 is 4.90 Å². The van der Waals surface area contributed by atoms with Gasteiger partial charge in [0.2, 0.25) is 15.9 Å². The zero-order chi connectivity index (χ0) is 21.2. The first-order valence-electron chi connectivity index (χ1n) is 9.13. The van der Waals surface area contributed by atoms with Crippen LogP contribution >= 0.6 is 11.6 Å². The summed E-state index contributed by atoms with van der Waals surface area (Å²) in [6.07, 6.45) is 0.615. The van der Waals surface area contributed by atoms with E-state index in [1.165, 1.54) is 0 Å². The molecule has 2 aromatic carbocycles. The number of amides is 1. The number of piperidine rings is 1. The quantitative estimate of drug-likeness (QED) is 0.709. The molecule has 0 aromatic heterocycles. The lowest BCUT2D eigenvalue weighted by molar-refractivity contribution is -0.135. The molecular weight excluding hydrogens is 422 g/mol. The summed E-state index contributed by atoms with van der Waals surface area (Å²) in [5.41, 5.74) is 0.826. The number of carbonyl (C=O) groups is 1. The highest BCUT2D eigenvalue weighted by Gasteiger charge is 2.34. The van der Waals surface area contributed by atoms with E-state index in [4.69, 9.17) is 11.6 Å². The van der Waals surface area contributed by atoms with Gasteiger partial charge in [0.05, 0.1) is 0 Å². The molecule has 0 N–H and O–H groups in total. The van der Waals surface area contributed by atoms with Crippen LogP contribution in [0.2, 0.25) is 5.02 Å². The minimum atomic E-state index is -4.16. The van der Waals surface area contributed by atoms with Crippen molar-refractivity contribution in [1.82, 2.24) is 9.21 Å². The Hall–Kier alpha value is -2.03. The maximum absolute atomic E-state index is 13.9. The molecule has 9 heteroatoms. The number of hydrogen-bond acceptors (Lipinski definition) is 3. The van der Waals surface area contributed by atoms with Gasteiger partial charge in [-0.1, -0.05) is 29.8 Å². The summed E-state index contributed by atoms with van der Waals surface area (Å²) in [6.45, 7) is 0.481.